The van der Waals surface area contributed by atoms with Crippen LogP contribution in [0.3, 0.4) is 0 Å². The fourth-order valence-electron chi connectivity index (χ4n) is 1.34. The summed E-state index contributed by atoms with van der Waals surface area (Å²) in [6.07, 6.45) is 0.646. The third-order valence-electron chi connectivity index (χ3n) is 2.13. The topological polar surface area (TPSA) is 63.3 Å². The number of aromatic carboxylic acids is 1. The number of carboxylic acids is 1. The Morgan fingerprint density at radius 3 is 2.53 bits per heavy atom. The second-order valence-corrected chi connectivity index (χ2v) is 3.39. The lowest BCUT2D eigenvalue weighted by molar-refractivity contribution is -0.138. The molecule has 7 heteroatoms. The van der Waals surface area contributed by atoms with Crippen LogP contribution < -0.4 is 0 Å². The van der Waals surface area contributed by atoms with Crippen LogP contribution in [0.25, 0.3) is 5.57 Å². The Hall–Kier alpha value is -2.31. The Bertz CT molecular complexity index is 553. The molecule has 0 amide bonds. The number of alkyl halides is 3. The lowest BCUT2D eigenvalue weighted by atomic mass is 10.1. The van der Waals surface area contributed by atoms with E-state index in [2.05, 4.69) is 16.3 Å². The first-order valence-electron chi connectivity index (χ1n) is 5.08. The van der Waals surface area contributed by atoms with E-state index >= 15 is 0 Å². The number of nitrogens with zero attached hydrogens (tertiary/aromatic N) is 1. The van der Waals surface area contributed by atoms with Gasteiger partial charge in [-0.1, -0.05) is 36.0 Å². The Labute approximate surface area is 106 Å². The molecular weight excluding hydrogens is 263 g/mol. The van der Waals surface area contributed by atoms with Gasteiger partial charge in [-0.2, -0.15) is 13.2 Å². The van der Waals surface area contributed by atoms with Crippen LogP contribution in [0.1, 0.15) is 28.7 Å². The molecule has 0 aliphatic rings. The van der Waals surface area contributed by atoms with Crippen molar-refractivity contribution >= 4 is 11.5 Å². The highest BCUT2D eigenvalue weighted by Crippen LogP contribution is 2.37. The molecule has 0 aliphatic heterocycles. The van der Waals surface area contributed by atoms with E-state index in [1.165, 1.54) is 12.2 Å². The zero-order chi connectivity index (χ0) is 14.6. The van der Waals surface area contributed by atoms with Crippen molar-refractivity contribution in [2.45, 2.75) is 13.1 Å². The smallest absolute Gasteiger partial charge is 0.422 e. The molecule has 1 aromatic heterocycles. The van der Waals surface area contributed by atoms with Crippen molar-refractivity contribution in [1.29, 1.82) is 0 Å². The summed E-state index contributed by atoms with van der Waals surface area (Å²) < 4.78 is 42.9. The van der Waals surface area contributed by atoms with Crippen molar-refractivity contribution in [2.75, 3.05) is 0 Å². The van der Waals surface area contributed by atoms with Crippen molar-refractivity contribution in [2.24, 2.45) is 0 Å². The zero-order valence-electron chi connectivity index (χ0n) is 9.86. The predicted molar refractivity (Wildman–Crippen MR) is 61.5 cm³/mol. The molecule has 0 bridgehead atoms. The van der Waals surface area contributed by atoms with Gasteiger partial charge in [0, 0.05) is 5.57 Å². The van der Waals surface area contributed by atoms with E-state index in [4.69, 9.17) is 5.11 Å². The van der Waals surface area contributed by atoms with Crippen LogP contribution in [-0.2, 0) is 6.18 Å². The van der Waals surface area contributed by atoms with Crippen molar-refractivity contribution in [3.8, 4) is 0 Å². The second kappa shape index (κ2) is 5.55. The lowest BCUT2D eigenvalue weighted by Crippen LogP contribution is -2.12. The SMILES string of the molecule is C=C/C(=C\C=C/C)c1noc(C(=O)O)c1C(F)(F)F. The summed E-state index contributed by atoms with van der Waals surface area (Å²) in [4.78, 5) is 10.7. The van der Waals surface area contributed by atoms with Gasteiger partial charge >= 0.3 is 12.1 Å². The molecule has 0 unspecified atom stereocenters. The summed E-state index contributed by atoms with van der Waals surface area (Å²) in [7, 11) is 0. The summed E-state index contributed by atoms with van der Waals surface area (Å²) in [5, 5.41) is 11.9. The molecule has 1 aromatic rings. The number of hydrogen-bond acceptors (Lipinski definition) is 3. The summed E-state index contributed by atoms with van der Waals surface area (Å²) in [5.74, 6) is -3.07. The number of halogens is 3. The van der Waals surface area contributed by atoms with Crippen LogP contribution in [0, 0.1) is 0 Å². The maximum absolute atomic E-state index is 12.9. The minimum Gasteiger partial charge on any atom is -0.475 e. The molecule has 1 rings (SSSR count). The predicted octanol–water partition coefficient (Wildman–Crippen LogP) is 3.54. The summed E-state index contributed by atoms with van der Waals surface area (Å²) in [6, 6.07) is 0. The molecule has 0 aromatic carbocycles. The molecule has 102 valence electrons. The Balaban J connectivity index is 3.52. The molecule has 0 saturated carbocycles. The van der Waals surface area contributed by atoms with E-state index in [1.54, 1.807) is 13.0 Å². The number of carbonyl (C=O) groups is 1. The molecule has 0 atom stereocenters. The van der Waals surface area contributed by atoms with Crippen molar-refractivity contribution in [1.82, 2.24) is 5.16 Å². The minimum atomic E-state index is -4.89. The quantitative estimate of drug-likeness (QED) is 0.852. The number of allylic oxidation sites excluding steroid dienone is 5. The van der Waals surface area contributed by atoms with Crippen LogP contribution >= 0.6 is 0 Å². The largest absolute Gasteiger partial charge is 0.475 e. The Morgan fingerprint density at radius 2 is 2.11 bits per heavy atom. The average Bonchev–Trinajstić information content (AvgIpc) is 2.74. The van der Waals surface area contributed by atoms with Gasteiger partial charge in [0.05, 0.1) is 0 Å². The van der Waals surface area contributed by atoms with E-state index in [0.29, 0.717) is 0 Å². The first kappa shape index (κ1) is 14.7. The van der Waals surface area contributed by atoms with Gasteiger partial charge in [-0.15, -0.1) is 0 Å². The molecule has 0 aliphatic carbocycles. The first-order chi connectivity index (χ1) is 8.82. The van der Waals surface area contributed by atoms with Crippen LogP contribution in [0.15, 0.2) is 35.4 Å². The maximum Gasteiger partial charge on any atom is 0.422 e. The second-order valence-electron chi connectivity index (χ2n) is 3.39. The van der Waals surface area contributed by atoms with Gasteiger partial charge in [0.2, 0.25) is 0 Å². The van der Waals surface area contributed by atoms with Gasteiger partial charge in [-0.25, -0.2) is 4.79 Å². The lowest BCUT2D eigenvalue weighted by Gasteiger charge is -2.06. The Kier molecular flexibility index (Phi) is 4.31. The van der Waals surface area contributed by atoms with Crippen molar-refractivity contribution < 1.29 is 27.6 Å². The molecule has 0 radical (unpaired) electrons. The molecule has 1 N–H and O–H groups in total. The standard InChI is InChI=1S/C12H10F3NO3/c1-3-5-6-7(4-2)9-8(12(13,14)15)10(11(17)18)19-16-9/h3-6H,2H2,1H3,(H,17,18)/b5-3-,7-6+. The molecule has 1 heterocycles. The highest BCUT2D eigenvalue weighted by Gasteiger charge is 2.43. The Morgan fingerprint density at radius 1 is 1.47 bits per heavy atom. The molecular formula is C12H10F3NO3. The summed E-state index contributed by atoms with van der Waals surface area (Å²) >= 11 is 0. The van der Waals surface area contributed by atoms with Crippen molar-refractivity contribution in [3.63, 3.8) is 0 Å². The van der Waals surface area contributed by atoms with E-state index in [1.807, 2.05) is 0 Å². The molecule has 0 spiro atoms. The van der Waals surface area contributed by atoms with Crippen molar-refractivity contribution in [3.05, 3.63) is 47.9 Å². The van der Waals surface area contributed by atoms with Gasteiger partial charge in [0.1, 0.15) is 11.3 Å². The first-order valence-corrected chi connectivity index (χ1v) is 5.08. The van der Waals surface area contributed by atoms with E-state index in [9.17, 15) is 18.0 Å². The number of carboxylic acid groups (broad SMARTS) is 1. The normalized spacial score (nSPS) is 12.9. The van der Waals surface area contributed by atoms with Gasteiger partial charge in [0.25, 0.3) is 5.76 Å². The number of hydrogen-bond donors (Lipinski definition) is 1. The molecule has 4 nitrogen and oxygen atoms in total. The average molecular weight is 273 g/mol. The maximum atomic E-state index is 12.9. The summed E-state index contributed by atoms with van der Waals surface area (Å²) in [5.41, 5.74) is -2.00. The van der Waals surface area contributed by atoms with E-state index < -0.39 is 29.2 Å². The van der Waals surface area contributed by atoms with Gasteiger partial charge in [0.15, 0.2) is 0 Å². The van der Waals surface area contributed by atoms with Gasteiger partial charge in [-0.3, -0.25) is 0 Å². The van der Waals surface area contributed by atoms with E-state index in [-0.39, 0.29) is 5.57 Å². The highest BCUT2D eigenvalue weighted by atomic mass is 19.4. The third-order valence-corrected chi connectivity index (χ3v) is 2.13. The fraction of sp³-hybridized carbons (Fsp3) is 0.167. The summed E-state index contributed by atoms with van der Waals surface area (Å²) in [6.45, 7) is 5.04. The van der Waals surface area contributed by atoms with Gasteiger partial charge in [-0.05, 0) is 6.92 Å². The number of rotatable bonds is 4. The zero-order valence-corrected chi connectivity index (χ0v) is 9.86. The van der Waals surface area contributed by atoms with Crippen LogP contribution in [0.5, 0.6) is 0 Å². The minimum absolute atomic E-state index is 0.0154. The van der Waals surface area contributed by atoms with Crippen LogP contribution in [0.4, 0.5) is 13.2 Å². The third kappa shape index (κ3) is 3.12. The van der Waals surface area contributed by atoms with Gasteiger partial charge < -0.3 is 9.63 Å². The number of aromatic nitrogens is 1. The monoisotopic (exact) mass is 273 g/mol. The molecule has 0 fully saturated rings. The molecule has 0 saturated heterocycles. The fourth-order valence-corrected chi connectivity index (χ4v) is 1.34. The van der Waals surface area contributed by atoms with Crippen LogP contribution in [-0.4, -0.2) is 16.2 Å². The van der Waals surface area contributed by atoms with Crippen LogP contribution in [0.2, 0.25) is 0 Å². The van der Waals surface area contributed by atoms with E-state index in [0.717, 1.165) is 6.08 Å². The highest BCUT2D eigenvalue weighted by molar-refractivity contribution is 5.89. The molecule has 19 heavy (non-hydrogen) atoms.